The number of hydrogen-bond acceptors (Lipinski definition) is 2. The van der Waals surface area contributed by atoms with Crippen LogP contribution in [0.4, 0.5) is 0 Å². The molecule has 0 bridgehead atoms. The third-order valence-corrected chi connectivity index (χ3v) is 3.44. The minimum atomic E-state index is 0.718. The Bertz CT molecular complexity index is 306. The highest BCUT2D eigenvalue weighted by Gasteiger charge is 2.22. The van der Waals surface area contributed by atoms with Gasteiger partial charge in [-0.1, -0.05) is 13.3 Å². The molecule has 1 heterocycles. The predicted molar refractivity (Wildman–Crippen MR) is 61.5 cm³/mol. The monoisotopic (exact) mass is 207 g/mol. The maximum Gasteiger partial charge on any atom is 0.0534 e. The third kappa shape index (κ3) is 2.59. The summed E-state index contributed by atoms with van der Waals surface area (Å²) >= 11 is 0. The molecule has 0 amide bonds. The van der Waals surface area contributed by atoms with Crippen molar-refractivity contribution in [1.29, 1.82) is 0 Å². The van der Waals surface area contributed by atoms with Crippen LogP contribution in [0.5, 0.6) is 0 Å². The summed E-state index contributed by atoms with van der Waals surface area (Å²) in [5, 5.41) is 7.91. The first-order valence-corrected chi connectivity index (χ1v) is 6.04. The van der Waals surface area contributed by atoms with Crippen LogP contribution in [0.15, 0.2) is 12.4 Å². The lowest BCUT2D eigenvalue weighted by molar-refractivity contribution is 0.426. The fourth-order valence-electron chi connectivity index (χ4n) is 2.37. The van der Waals surface area contributed by atoms with E-state index in [1.54, 1.807) is 0 Å². The molecule has 0 aromatic carbocycles. The SMILES string of the molecule is CCn1cc(CNC2CCCC2C)cn1. The van der Waals surface area contributed by atoms with Crippen molar-refractivity contribution in [3.63, 3.8) is 0 Å². The molecule has 1 aromatic heterocycles. The first kappa shape index (κ1) is 10.7. The van der Waals surface area contributed by atoms with E-state index in [1.165, 1.54) is 24.8 Å². The van der Waals surface area contributed by atoms with Gasteiger partial charge in [0.25, 0.3) is 0 Å². The zero-order chi connectivity index (χ0) is 10.7. The summed E-state index contributed by atoms with van der Waals surface area (Å²) in [4.78, 5) is 0. The molecule has 0 radical (unpaired) electrons. The molecule has 1 aliphatic rings. The van der Waals surface area contributed by atoms with Gasteiger partial charge >= 0.3 is 0 Å². The van der Waals surface area contributed by atoms with Crippen molar-refractivity contribution in [3.8, 4) is 0 Å². The lowest BCUT2D eigenvalue weighted by atomic mass is 10.1. The van der Waals surface area contributed by atoms with E-state index in [0.717, 1.165) is 25.0 Å². The van der Waals surface area contributed by atoms with Crippen LogP contribution in [0, 0.1) is 5.92 Å². The number of rotatable bonds is 4. The fourth-order valence-corrected chi connectivity index (χ4v) is 2.37. The summed E-state index contributed by atoms with van der Waals surface area (Å²) in [6.07, 6.45) is 8.20. The van der Waals surface area contributed by atoms with Gasteiger partial charge in [-0.15, -0.1) is 0 Å². The Kier molecular flexibility index (Phi) is 3.41. The quantitative estimate of drug-likeness (QED) is 0.820. The van der Waals surface area contributed by atoms with Crippen LogP contribution < -0.4 is 5.32 Å². The summed E-state index contributed by atoms with van der Waals surface area (Å²) in [6, 6.07) is 0.718. The number of nitrogens with one attached hydrogen (secondary N) is 1. The van der Waals surface area contributed by atoms with Gasteiger partial charge in [0.2, 0.25) is 0 Å². The van der Waals surface area contributed by atoms with E-state index in [-0.39, 0.29) is 0 Å². The molecule has 1 saturated carbocycles. The highest BCUT2D eigenvalue weighted by atomic mass is 15.3. The van der Waals surface area contributed by atoms with E-state index in [4.69, 9.17) is 0 Å². The van der Waals surface area contributed by atoms with Crippen molar-refractivity contribution < 1.29 is 0 Å². The maximum atomic E-state index is 4.28. The smallest absolute Gasteiger partial charge is 0.0534 e. The Labute approximate surface area is 91.9 Å². The van der Waals surface area contributed by atoms with Gasteiger partial charge in [-0.05, 0) is 25.7 Å². The van der Waals surface area contributed by atoms with E-state index in [2.05, 4.69) is 30.5 Å². The van der Waals surface area contributed by atoms with Gasteiger partial charge in [0.05, 0.1) is 6.20 Å². The van der Waals surface area contributed by atoms with Crippen LogP contribution in [0.3, 0.4) is 0 Å². The summed E-state index contributed by atoms with van der Waals surface area (Å²) in [6.45, 7) is 6.39. The molecule has 1 N–H and O–H groups in total. The van der Waals surface area contributed by atoms with Crippen LogP contribution >= 0.6 is 0 Å². The molecule has 0 saturated heterocycles. The molecule has 1 fully saturated rings. The van der Waals surface area contributed by atoms with Gasteiger partial charge in [0, 0.05) is 30.9 Å². The molecule has 2 unspecified atom stereocenters. The van der Waals surface area contributed by atoms with Crippen LogP contribution in [0.2, 0.25) is 0 Å². The van der Waals surface area contributed by atoms with Gasteiger partial charge in [-0.2, -0.15) is 5.10 Å². The summed E-state index contributed by atoms with van der Waals surface area (Å²) in [5.74, 6) is 0.839. The van der Waals surface area contributed by atoms with Gasteiger partial charge in [-0.25, -0.2) is 0 Å². The van der Waals surface area contributed by atoms with Crippen molar-refractivity contribution in [3.05, 3.63) is 18.0 Å². The van der Waals surface area contributed by atoms with E-state index in [9.17, 15) is 0 Å². The second-order valence-corrected chi connectivity index (χ2v) is 4.60. The van der Waals surface area contributed by atoms with Crippen LogP contribution in [-0.4, -0.2) is 15.8 Å². The Morgan fingerprint density at radius 3 is 3.00 bits per heavy atom. The van der Waals surface area contributed by atoms with Crippen molar-refractivity contribution >= 4 is 0 Å². The van der Waals surface area contributed by atoms with Gasteiger partial charge in [-0.3, -0.25) is 4.68 Å². The molecule has 1 aromatic rings. The van der Waals surface area contributed by atoms with Gasteiger partial charge in [0.1, 0.15) is 0 Å². The highest BCUT2D eigenvalue weighted by Crippen LogP contribution is 2.24. The normalized spacial score (nSPS) is 26.0. The fraction of sp³-hybridized carbons (Fsp3) is 0.750. The molecule has 0 aliphatic heterocycles. The Hall–Kier alpha value is -0.830. The summed E-state index contributed by atoms with van der Waals surface area (Å²) in [5.41, 5.74) is 1.30. The Balaban J connectivity index is 1.82. The zero-order valence-corrected chi connectivity index (χ0v) is 9.74. The minimum Gasteiger partial charge on any atom is -0.310 e. The lowest BCUT2D eigenvalue weighted by Crippen LogP contribution is -2.30. The van der Waals surface area contributed by atoms with E-state index >= 15 is 0 Å². The highest BCUT2D eigenvalue weighted by molar-refractivity contribution is 5.03. The molecule has 0 spiro atoms. The van der Waals surface area contributed by atoms with Crippen LogP contribution in [-0.2, 0) is 13.1 Å². The van der Waals surface area contributed by atoms with Crippen LogP contribution in [0.25, 0.3) is 0 Å². The molecule has 15 heavy (non-hydrogen) atoms. The molecule has 3 heteroatoms. The van der Waals surface area contributed by atoms with E-state index < -0.39 is 0 Å². The summed E-state index contributed by atoms with van der Waals surface area (Å²) in [7, 11) is 0. The zero-order valence-electron chi connectivity index (χ0n) is 9.74. The lowest BCUT2D eigenvalue weighted by Gasteiger charge is -2.16. The third-order valence-electron chi connectivity index (χ3n) is 3.44. The number of hydrogen-bond donors (Lipinski definition) is 1. The van der Waals surface area contributed by atoms with Crippen molar-refractivity contribution in [2.45, 2.75) is 52.2 Å². The topological polar surface area (TPSA) is 29.9 Å². The number of aryl methyl sites for hydroxylation is 1. The molecule has 84 valence electrons. The molecular weight excluding hydrogens is 186 g/mol. The second-order valence-electron chi connectivity index (χ2n) is 4.60. The first-order valence-electron chi connectivity index (χ1n) is 6.04. The second kappa shape index (κ2) is 4.79. The minimum absolute atomic E-state index is 0.718. The standard InChI is InChI=1S/C12H21N3/c1-3-15-9-11(8-14-15)7-13-12-6-4-5-10(12)2/h8-10,12-13H,3-7H2,1-2H3. The van der Waals surface area contributed by atoms with Gasteiger partial charge in [0.15, 0.2) is 0 Å². The molecular formula is C12H21N3. The summed E-state index contributed by atoms with van der Waals surface area (Å²) < 4.78 is 1.98. The number of aromatic nitrogens is 2. The molecule has 2 rings (SSSR count). The Morgan fingerprint density at radius 2 is 2.40 bits per heavy atom. The average molecular weight is 207 g/mol. The first-order chi connectivity index (χ1) is 7.29. The van der Waals surface area contributed by atoms with Crippen molar-refractivity contribution in [1.82, 2.24) is 15.1 Å². The largest absolute Gasteiger partial charge is 0.310 e. The van der Waals surface area contributed by atoms with E-state index in [0.29, 0.717) is 0 Å². The van der Waals surface area contributed by atoms with Gasteiger partial charge < -0.3 is 5.32 Å². The van der Waals surface area contributed by atoms with Crippen molar-refractivity contribution in [2.75, 3.05) is 0 Å². The van der Waals surface area contributed by atoms with E-state index in [1.807, 2.05) is 10.9 Å². The predicted octanol–water partition coefficient (Wildman–Crippen LogP) is 2.18. The van der Waals surface area contributed by atoms with Crippen molar-refractivity contribution in [2.24, 2.45) is 5.92 Å². The average Bonchev–Trinajstić information content (AvgIpc) is 2.84. The number of nitrogens with zero attached hydrogens (tertiary/aromatic N) is 2. The molecule has 2 atom stereocenters. The molecule has 1 aliphatic carbocycles. The maximum absolute atomic E-state index is 4.28. The van der Waals surface area contributed by atoms with Crippen LogP contribution in [0.1, 0.15) is 38.7 Å². The Morgan fingerprint density at radius 1 is 1.53 bits per heavy atom. The molecule has 3 nitrogen and oxygen atoms in total.